The van der Waals surface area contributed by atoms with Crippen LogP contribution in [0.25, 0.3) is 0 Å². The Morgan fingerprint density at radius 2 is 1.96 bits per heavy atom. The van der Waals surface area contributed by atoms with Crippen LogP contribution in [0.2, 0.25) is 0 Å². The molecule has 1 fully saturated rings. The molecular formula is C17H20N4O6S. The number of anilines is 1. The Balaban J connectivity index is 1.91. The van der Waals surface area contributed by atoms with E-state index in [9.17, 15) is 19.8 Å². The molecule has 1 amide bonds. The zero-order chi connectivity index (χ0) is 20.4. The molecule has 11 heteroatoms. The molecule has 1 saturated heterocycles. The van der Waals surface area contributed by atoms with Crippen molar-refractivity contribution in [1.82, 2.24) is 14.5 Å². The number of nitrogens with zero attached hydrogens (tertiary/aromatic N) is 3. The lowest BCUT2D eigenvalue weighted by Crippen LogP contribution is -2.46. The topological polar surface area (TPSA) is 137 Å². The Hall–Kier alpha value is -2.44. The zero-order valence-corrected chi connectivity index (χ0v) is 15.7. The number of carbonyl (C=O) groups is 1. The Labute approximate surface area is 165 Å². The number of nitrogens with one attached hydrogen (secondary N) is 1. The van der Waals surface area contributed by atoms with Gasteiger partial charge in [0.2, 0.25) is 0 Å². The smallest absolute Gasteiger partial charge is 0.351 e. The molecule has 2 aromatic rings. The minimum Gasteiger partial charge on any atom is -0.385 e. The number of amides is 1. The molecule has 150 valence electrons. The van der Waals surface area contributed by atoms with Crippen molar-refractivity contribution in [2.24, 2.45) is 0 Å². The van der Waals surface area contributed by atoms with Crippen LogP contribution >= 0.6 is 12.6 Å². The number of hydrogen-bond acceptors (Lipinski definition) is 8. The number of thiol groups is 1. The molecule has 1 aromatic heterocycles. The SMILES string of the molecule is C[C@@H](c1ccccc1)N(C(=O)S)[C@@H]1O[C@@H](n2ccc(NO)nc2=O)[C@H](O)[C@@H]1O. The maximum Gasteiger partial charge on any atom is 0.351 e. The van der Waals surface area contributed by atoms with E-state index in [1.165, 1.54) is 17.2 Å². The van der Waals surface area contributed by atoms with Crippen LogP contribution in [0, 0.1) is 0 Å². The maximum absolute atomic E-state index is 12.2. The summed E-state index contributed by atoms with van der Waals surface area (Å²) in [5.41, 5.74) is 1.69. The van der Waals surface area contributed by atoms with Gasteiger partial charge in [0.15, 0.2) is 18.3 Å². The van der Waals surface area contributed by atoms with Crippen LogP contribution in [0.4, 0.5) is 10.6 Å². The first-order valence-corrected chi connectivity index (χ1v) is 8.87. The number of aliphatic hydroxyl groups excluding tert-OH is 2. The van der Waals surface area contributed by atoms with Crippen molar-refractivity contribution in [3.05, 3.63) is 58.6 Å². The maximum atomic E-state index is 12.2. The van der Waals surface area contributed by atoms with Gasteiger partial charge in [-0.05, 0) is 18.6 Å². The number of aliphatic hydroxyl groups is 2. The highest BCUT2D eigenvalue weighted by molar-refractivity contribution is 7.96. The number of aromatic nitrogens is 2. The first kappa shape index (κ1) is 20.3. The normalized spacial score (nSPS) is 25.3. The van der Waals surface area contributed by atoms with Gasteiger partial charge in [0, 0.05) is 6.20 Å². The number of hydrogen-bond donors (Lipinski definition) is 5. The van der Waals surface area contributed by atoms with E-state index in [-0.39, 0.29) is 5.82 Å². The molecule has 10 nitrogen and oxygen atoms in total. The second-order valence-corrected chi connectivity index (χ2v) is 6.67. The third-order valence-corrected chi connectivity index (χ3v) is 4.86. The van der Waals surface area contributed by atoms with E-state index in [2.05, 4.69) is 17.6 Å². The van der Waals surface area contributed by atoms with Gasteiger partial charge in [-0.25, -0.2) is 4.79 Å². The molecule has 3 rings (SSSR count). The van der Waals surface area contributed by atoms with Crippen molar-refractivity contribution >= 4 is 23.7 Å². The first-order valence-electron chi connectivity index (χ1n) is 8.42. The van der Waals surface area contributed by atoms with E-state index in [4.69, 9.17) is 9.94 Å². The van der Waals surface area contributed by atoms with Gasteiger partial charge >= 0.3 is 5.69 Å². The lowest BCUT2D eigenvalue weighted by atomic mass is 10.1. The fraction of sp³-hybridized carbons (Fsp3) is 0.353. The molecule has 1 aliphatic heterocycles. The molecule has 0 spiro atoms. The molecule has 28 heavy (non-hydrogen) atoms. The van der Waals surface area contributed by atoms with E-state index in [1.807, 2.05) is 6.07 Å². The second-order valence-electron chi connectivity index (χ2n) is 6.29. The lowest BCUT2D eigenvalue weighted by molar-refractivity contribution is -0.0980. The van der Waals surface area contributed by atoms with Crippen LogP contribution in [0.1, 0.15) is 24.8 Å². The summed E-state index contributed by atoms with van der Waals surface area (Å²) in [4.78, 5) is 29.1. The minimum absolute atomic E-state index is 0.0873. The monoisotopic (exact) mass is 408 g/mol. The van der Waals surface area contributed by atoms with E-state index in [1.54, 1.807) is 36.7 Å². The molecule has 4 N–H and O–H groups in total. The molecule has 0 saturated carbocycles. The Morgan fingerprint density at radius 1 is 1.29 bits per heavy atom. The quantitative estimate of drug-likeness (QED) is 0.361. The molecule has 1 aliphatic rings. The van der Waals surface area contributed by atoms with Gasteiger partial charge in [0.1, 0.15) is 12.2 Å². The molecule has 2 heterocycles. The number of carbonyl (C=O) groups excluding carboxylic acids is 1. The lowest BCUT2D eigenvalue weighted by Gasteiger charge is -2.34. The van der Waals surface area contributed by atoms with Crippen molar-refractivity contribution in [3.8, 4) is 0 Å². The van der Waals surface area contributed by atoms with Gasteiger partial charge in [-0.1, -0.05) is 43.0 Å². The van der Waals surface area contributed by atoms with Crippen molar-refractivity contribution in [1.29, 1.82) is 0 Å². The third-order valence-electron chi connectivity index (χ3n) is 4.63. The number of benzene rings is 1. The zero-order valence-electron chi connectivity index (χ0n) is 14.8. The number of ether oxygens (including phenoxy) is 1. The molecule has 5 atom stereocenters. The van der Waals surface area contributed by atoms with E-state index >= 15 is 0 Å². The van der Waals surface area contributed by atoms with Crippen molar-refractivity contribution in [2.75, 3.05) is 5.48 Å². The third kappa shape index (κ3) is 3.75. The van der Waals surface area contributed by atoms with Crippen LogP contribution in [-0.4, -0.2) is 53.5 Å². The van der Waals surface area contributed by atoms with Gasteiger partial charge in [0.05, 0.1) is 6.04 Å². The highest BCUT2D eigenvalue weighted by Gasteiger charge is 2.49. The summed E-state index contributed by atoms with van der Waals surface area (Å²) >= 11 is 3.89. The summed E-state index contributed by atoms with van der Waals surface area (Å²) in [6.07, 6.45) is -4.29. The minimum atomic E-state index is -1.50. The Bertz CT molecular complexity index is 895. The van der Waals surface area contributed by atoms with Crippen LogP contribution in [0.15, 0.2) is 47.4 Å². The van der Waals surface area contributed by atoms with Gasteiger partial charge < -0.3 is 14.9 Å². The Kier molecular flexibility index (Phi) is 6.01. The highest BCUT2D eigenvalue weighted by Crippen LogP contribution is 2.35. The predicted molar refractivity (Wildman–Crippen MR) is 101 cm³/mol. The fourth-order valence-corrected chi connectivity index (χ4v) is 3.44. The summed E-state index contributed by atoms with van der Waals surface area (Å²) in [6, 6.07) is 9.81. The van der Waals surface area contributed by atoms with Crippen LogP contribution in [-0.2, 0) is 4.74 Å². The van der Waals surface area contributed by atoms with Gasteiger partial charge in [-0.3, -0.25) is 24.9 Å². The van der Waals surface area contributed by atoms with E-state index < -0.39 is 41.6 Å². The molecular weight excluding hydrogens is 388 g/mol. The summed E-state index contributed by atoms with van der Waals surface area (Å²) in [5, 5.41) is 29.1. The summed E-state index contributed by atoms with van der Waals surface area (Å²) in [7, 11) is 0. The van der Waals surface area contributed by atoms with Crippen LogP contribution < -0.4 is 11.2 Å². The van der Waals surface area contributed by atoms with Gasteiger partial charge in [-0.15, -0.1) is 0 Å². The largest absolute Gasteiger partial charge is 0.385 e. The Morgan fingerprint density at radius 3 is 2.54 bits per heavy atom. The molecule has 0 radical (unpaired) electrons. The van der Waals surface area contributed by atoms with Crippen molar-refractivity contribution in [3.63, 3.8) is 0 Å². The molecule has 0 bridgehead atoms. The molecule has 0 unspecified atom stereocenters. The summed E-state index contributed by atoms with van der Waals surface area (Å²) in [6.45, 7) is 1.73. The summed E-state index contributed by atoms with van der Waals surface area (Å²) < 4.78 is 6.65. The molecule has 0 aliphatic carbocycles. The van der Waals surface area contributed by atoms with Crippen LogP contribution in [0.5, 0.6) is 0 Å². The number of rotatable bonds is 5. The van der Waals surface area contributed by atoms with Crippen molar-refractivity contribution < 1.29 is 25.0 Å². The van der Waals surface area contributed by atoms with Gasteiger partial charge in [-0.2, -0.15) is 4.98 Å². The standard InChI is InChI=1S/C17H20N4O6S/c1-9(10-5-3-2-4-6-10)21(17(25)28)15-13(23)12(22)14(27-15)20-8-7-11(19-26)18-16(20)24/h2-9,12-15,22-23,26H,1H3,(H,25,28)(H,18,19,24)/t9-,12+,13-,14+,15+/m0/s1. The molecule has 1 aromatic carbocycles. The van der Waals surface area contributed by atoms with Crippen molar-refractivity contribution in [2.45, 2.75) is 37.6 Å². The summed E-state index contributed by atoms with van der Waals surface area (Å²) in [5.74, 6) is -0.0873. The first-order chi connectivity index (χ1) is 13.3. The fourth-order valence-electron chi connectivity index (χ4n) is 3.16. The average Bonchev–Trinajstić information content (AvgIpc) is 2.97. The second kappa shape index (κ2) is 8.29. The highest BCUT2D eigenvalue weighted by atomic mass is 32.1. The van der Waals surface area contributed by atoms with Crippen LogP contribution in [0.3, 0.4) is 0 Å². The van der Waals surface area contributed by atoms with E-state index in [0.29, 0.717) is 0 Å². The average molecular weight is 408 g/mol. The van der Waals surface area contributed by atoms with E-state index in [0.717, 1.165) is 10.1 Å². The predicted octanol–water partition coefficient (Wildman–Crippen LogP) is 0.734. The van der Waals surface area contributed by atoms with Gasteiger partial charge in [0.25, 0.3) is 5.24 Å².